The van der Waals surface area contributed by atoms with Gasteiger partial charge in [-0.1, -0.05) is 0 Å². The van der Waals surface area contributed by atoms with Crippen molar-refractivity contribution in [2.45, 2.75) is 12.8 Å². The van der Waals surface area contributed by atoms with E-state index in [0.717, 1.165) is 45.7 Å². The smallest absolute Gasteiger partial charge is 0.307 e. The molecule has 2 unspecified atom stereocenters. The lowest BCUT2D eigenvalue weighted by molar-refractivity contribution is -0.141. The maximum Gasteiger partial charge on any atom is 0.307 e. The summed E-state index contributed by atoms with van der Waals surface area (Å²) in [5.74, 6) is -0.157. The summed E-state index contributed by atoms with van der Waals surface area (Å²) in [4.78, 5) is 13.0. The molecular formula is C10H17NO3. The van der Waals surface area contributed by atoms with Crippen molar-refractivity contribution in [1.82, 2.24) is 4.90 Å². The quantitative estimate of drug-likeness (QED) is 0.716. The Balaban J connectivity index is 1.75. The molecule has 0 radical (unpaired) electrons. The van der Waals surface area contributed by atoms with Crippen molar-refractivity contribution in [2.75, 3.05) is 32.8 Å². The molecule has 2 heterocycles. The molecule has 0 aromatic rings. The molecule has 2 atom stereocenters. The molecule has 14 heavy (non-hydrogen) atoms. The number of aliphatic carboxylic acids is 1. The van der Waals surface area contributed by atoms with Crippen LogP contribution >= 0.6 is 0 Å². The van der Waals surface area contributed by atoms with Crippen molar-refractivity contribution >= 4 is 5.97 Å². The Morgan fingerprint density at radius 1 is 1.50 bits per heavy atom. The van der Waals surface area contributed by atoms with Crippen LogP contribution in [0.3, 0.4) is 0 Å². The van der Waals surface area contributed by atoms with Crippen molar-refractivity contribution in [2.24, 2.45) is 11.8 Å². The first kappa shape index (κ1) is 9.93. The van der Waals surface area contributed by atoms with Gasteiger partial charge in [-0.3, -0.25) is 4.79 Å². The molecule has 0 aliphatic carbocycles. The van der Waals surface area contributed by atoms with Gasteiger partial charge in [-0.25, -0.2) is 0 Å². The molecule has 0 amide bonds. The predicted octanol–water partition coefficient (Wildman–Crippen LogP) is 0.429. The Kier molecular flexibility index (Phi) is 3.03. The van der Waals surface area contributed by atoms with E-state index in [0.29, 0.717) is 5.92 Å². The van der Waals surface area contributed by atoms with Crippen LogP contribution in [-0.2, 0) is 9.53 Å². The van der Waals surface area contributed by atoms with Crippen molar-refractivity contribution < 1.29 is 14.6 Å². The third-order valence-electron chi connectivity index (χ3n) is 3.16. The number of carboxylic acid groups (broad SMARTS) is 1. The molecule has 0 aromatic heterocycles. The van der Waals surface area contributed by atoms with Crippen LogP contribution in [0.2, 0.25) is 0 Å². The van der Waals surface area contributed by atoms with Gasteiger partial charge in [-0.15, -0.1) is 0 Å². The molecule has 4 nitrogen and oxygen atoms in total. The Morgan fingerprint density at radius 3 is 2.93 bits per heavy atom. The summed E-state index contributed by atoms with van der Waals surface area (Å²) in [6.07, 6.45) is 1.94. The standard InChI is InChI=1S/C10H17NO3/c12-10(13)9-1-3-11(6-9)5-8-2-4-14-7-8/h8-9H,1-7H2,(H,12,13). The number of likely N-dealkylation sites (tertiary alicyclic amines) is 1. The van der Waals surface area contributed by atoms with Gasteiger partial charge in [-0.2, -0.15) is 0 Å². The summed E-state index contributed by atoms with van der Waals surface area (Å²) < 4.78 is 5.30. The van der Waals surface area contributed by atoms with Crippen LogP contribution in [0.4, 0.5) is 0 Å². The van der Waals surface area contributed by atoms with E-state index in [2.05, 4.69) is 4.90 Å². The SMILES string of the molecule is O=C(O)C1CCN(CC2CCOC2)C1. The summed E-state index contributed by atoms with van der Waals surface area (Å²) >= 11 is 0. The van der Waals surface area contributed by atoms with Gasteiger partial charge in [-0.05, 0) is 25.3 Å². The minimum absolute atomic E-state index is 0.141. The highest BCUT2D eigenvalue weighted by Crippen LogP contribution is 2.20. The Bertz CT molecular complexity index is 213. The van der Waals surface area contributed by atoms with Gasteiger partial charge in [0.15, 0.2) is 0 Å². The van der Waals surface area contributed by atoms with E-state index in [4.69, 9.17) is 9.84 Å². The molecular weight excluding hydrogens is 182 g/mol. The van der Waals surface area contributed by atoms with Crippen LogP contribution in [0.15, 0.2) is 0 Å². The first-order valence-electron chi connectivity index (χ1n) is 5.28. The first-order chi connectivity index (χ1) is 6.75. The van der Waals surface area contributed by atoms with Crippen LogP contribution in [0.5, 0.6) is 0 Å². The number of nitrogens with zero attached hydrogens (tertiary/aromatic N) is 1. The minimum Gasteiger partial charge on any atom is -0.481 e. The highest BCUT2D eigenvalue weighted by atomic mass is 16.5. The summed E-state index contributed by atoms with van der Waals surface area (Å²) in [5.41, 5.74) is 0. The molecule has 2 rings (SSSR count). The highest BCUT2D eigenvalue weighted by molar-refractivity contribution is 5.70. The summed E-state index contributed by atoms with van der Waals surface area (Å²) in [6.45, 7) is 4.41. The average molecular weight is 199 g/mol. The molecule has 2 fully saturated rings. The molecule has 0 spiro atoms. The van der Waals surface area contributed by atoms with Crippen molar-refractivity contribution in [3.63, 3.8) is 0 Å². The maximum atomic E-state index is 10.7. The van der Waals surface area contributed by atoms with Gasteiger partial charge < -0.3 is 14.7 Å². The van der Waals surface area contributed by atoms with Crippen LogP contribution in [-0.4, -0.2) is 48.8 Å². The molecule has 4 heteroatoms. The number of rotatable bonds is 3. The zero-order valence-electron chi connectivity index (χ0n) is 8.32. The zero-order chi connectivity index (χ0) is 9.97. The van der Waals surface area contributed by atoms with Crippen molar-refractivity contribution in [3.05, 3.63) is 0 Å². The van der Waals surface area contributed by atoms with Gasteiger partial charge in [0.25, 0.3) is 0 Å². The van der Waals surface area contributed by atoms with E-state index >= 15 is 0 Å². The molecule has 2 aliphatic heterocycles. The zero-order valence-corrected chi connectivity index (χ0v) is 8.32. The average Bonchev–Trinajstić information content (AvgIpc) is 2.75. The number of ether oxygens (including phenoxy) is 1. The van der Waals surface area contributed by atoms with Gasteiger partial charge in [0.2, 0.25) is 0 Å². The number of carboxylic acids is 1. The minimum atomic E-state index is -0.643. The fourth-order valence-electron chi connectivity index (χ4n) is 2.29. The van der Waals surface area contributed by atoms with E-state index < -0.39 is 5.97 Å². The third kappa shape index (κ3) is 2.25. The molecule has 80 valence electrons. The lowest BCUT2D eigenvalue weighted by Crippen LogP contribution is -2.29. The van der Waals surface area contributed by atoms with Gasteiger partial charge in [0, 0.05) is 19.7 Å². The largest absolute Gasteiger partial charge is 0.481 e. The molecule has 2 aliphatic rings. The summed E-state index contributed by atoms with van der Waals surface area (Å²) in [6, 6.07) is 0. The topological polar surface area (TPSA) is 49.8 Å². The normalized spacial score (nSPS) is 33.7. The fraction of sp³-hybridized carbons (Fsp3) is 0.900. The third-order valence-corrected chi connectivity index (χ3v) is 3.16. The monoisotopic (exact) mass is 199 g/mol. The molecule has 1 N–H and O–H groups in total. The Morgan fingerprint density at radius 2 is 2.36 bits per heavy atom. The second-order valence-corrected chi connectivity index (χ2v) is 4.31. The Labute approximate surface area is 83.8 Å². The van der Waals surface area contributed by atoms with E-state index in [1.165, 1.54) is 0 Å². The lowest BCUT2D eigenvalue weighted by Gasteiger charge is -2.18. The van der Waals surface area contributed by atoms with E-state index in [-0.39, 0.29) is 5.92 Å². The van der Waals surface area contributed by atoms with Gasteiger partial charge in [0.05, 0.1) is 12.5 Å². The van der Waals surface area contributed by atoms with Crippen molar-refractivity contribution in [1.29, 1.82) is 0 Å². The van der Waals surface area contributed by atoms with Crippen molar-refractivity contribution in [3.8, 4) is 0 Å². The van der Waals surface area contributed by atoms with Crippen LogP contribution in [0, 0.1) is 11.8 Å². The van der Waals surface area contributed by atoms with E-state index in [9.17, 15) is 4.79 Å². The molecule has 0 saturated carbocycles. The van der Waals surface area contributed by atoms with E-state index in [1.807, 2.05) is 0 Å². The predicted molar refractivity (Wildman–Crippen MR) is 51.1 cm³/mol. The van der Waals surface area contributed by atoms with Crippen LogP contribution < -0.4 is 0 Å². The first-order valence-corrected chi connectivity index (χ1v) is 5.28. The van der Waals surface area contributed by atoms with Gasteiger partial charge >= 0.3 is 5.97 Å². The van der Waals surface area contributed by atoms with E-state index in [1.54, 1.807) is 0 Å². The summed E-state index contributed by atoms with van der Waals surface area (Å²) in [5, 5.41) is 8.84. The second kappa shape index (κ2) is 4.28. The molecule has 0 aromatic carbocycles. The second-order valence-electron chi connectivity index (χ2n) is 4.31. The molecule has 2 saturated heterocycles. The van der Waals surface area contributed by atoms with Crippen LogP contribution in [0.25, 0.3) is 0 Å². The fourth-order valence-corrected chi connectivity index (χ4v) is 2.29. The lowest BCUT2D eigenvalue weighted by atomic mass is 10.1. The van der Waals surface area contributed by atoms with Gasteiger partial charge in [0.1, 0.15) is 0 Å². The number of carbonyl (C=O) groups is 1. The summed E-state index contributed by atoms with van der Waals surface area (Å²) in [7, 11) is 0. The number of hydrogen-bond acceptors (Lipinski definition) is 3. The Hall–Kier alpha value is -0.610. The molecule has 0 bridgehead atoms. The number of hydrogen-bond donors (Lipinski definition) is 1. The maximum absolute atomic E-state index is 10.7. The highest BCUT2D eigenvalue weighted by Gasteiger charge is 2.29. The van der Waals surface area contributed by atoms with Crippen LogP contribution in [0.1, 0.15) is 12.8 Å².